The number of benzene rings is 3. The Morgan fingerprint density at radius 3 is 1.85 bits per heavy atom. The zero-order valence-electron chi connectivity index (χ0n) is 16.4. The summed E-state index contributed by atoms with van der Waals surface area (Å²) < 4.78 is 78.7. The van der Waals surface area contributed by atoms with E-state index in [0.717, 1.165) is 41.1 Å². The molecule has 1 heterocycles. The first kappa shape index (κ1) is 22.2. The Hall–Kier alpha value is -4.02. The van der Waals surface area contributed by atoms with Gasteiger partial charge in [-0.05, 0) is 54.6 Å². The average Bonchev–Trinajstić information content (AvgIpc) is 3.17. The summed E-state index contributed by atoms with van der Waals surface area (Å²) in [6.45, 7) is 0. The molecule has 0 bridgehead atoms. The lowest BCUT2D eigenvalue weighted by atomic mass is 10.1. The van der Waals surface area contributed by atoms with Gasteiger partial charge in [0, 0.05) is 0 Å². The molecule has 0 unspecified atom stereocenters. The molecule has 170 valence electrons. The van der Waals surface area contributed by atoms with Gasteiger partial charge in [0.25, 0.3) is 0 Å². The van der Waals surface area contributed by atoms with E-state index in [-0.39, 0.29) is 34.2 Å². The maximum absolute atomic E-state index is 12.9. The average molecular weight is 465 g/mol. The van der Waals surface area contributed by atoms with Gasteiger partial charge in [-0.25, -0.2) is 9.67 Å². The van der Waals surface area contributed by atoms with Crippen LogP contribution in [0.4, 0.5) is 26.3 Å². The minimum Gasteiger partial charge on any atom is -0.507 e. The first-order valence-corrected chi connectivity index (χ1v) is 9.29. The summed E-state index contributed by atoms with van der Waals surface area (Å²) in [4.78, 5) is 4.24. The van der Waals surface area contributed by atoms with Crippen LogP contribution >= 0.6 is 0 Å². The summed E-state index contributed by atoms with van der Waals surface area (Å²) in [5.41, 5.74) is -1.79. The summed E-state index contributed by atoms with van der Waals surface area (Å²) in [5.74, 6) is -1.14. The number of aromatic nitrogens is 3. The number of para-hydroxylation sites is 1. The Balaban J connectivity index is 1.88. The van der Waals surface area contributed by atoms with E-state index in [2.05, 4.69) is 10.1 Å². The Kier molecular flexibility index (Phi) is 5.27. The van der Waals surface area contributed by atoms with Crippen LogP contribution in [-0.4, -0.2) is 25.0 Å². The van der Waals surface area contributed by atoms with Gasteiger partial charge in [-0.3, -0.25) is 0 Å². The van der Waals surface area contributed by atoms with E-state index in [1.54, 1.807) is 12.1 Å². The molecule has 0 amide bonds. The van der Waals surface area contributed by atoms with Gasteiger partial charge in [0.05, 0.1) is 27.9 Å². The van der Waals surface area contributed by atoms with Crippen LogP contribution in [0.25, 0.3) is 28.5 Å². The summed E-state index contributed by atoms with van der Waals surface area (Å²) in [7, 11) is 0. The molecule has 2 N–H and O–H groups in total. The highest BCUT2D eigenvalue weighted by molar-refractivity contribution is 5.71. The fourth-order valence-corrected chi connectivity index (χ4v) is 3.13. The van der Waals surface area contributed by atoms with Gasteiger partial charge in [0.1, 0.15) is 11.5 Å². The van der Waals surface area contributed by atoms with E-state index in [0.29, 0.717) is 6.07 Å². The standard InChI is InChI=1S/C22H13F6N3O2/c23-21(24,25)12-5-8-14(9-6-12)31-20(16-3-1-2-4-17(16)32)29-19(30-31)15-10-7-13(11-18(15)33)22(26,27)28/h1-11,32-33H. The van der Waals surface area contributed by atoms with Crippen molar-refractivity contribution in [1.82, 2.24) is 14.8 Å². The van der Waals surface area contributed by atoms with E-state index < -0.39 is 29.2 Å². The first-order valence-electron chi connectivity index (χ1n) is 9.29. The summed E-state index contributed by atoms with van der Waals surface area (Å²) in [5, 5.41) is 24.6. The molecule has 0 aliphatic rings. The van der Waals surface area contributed by atoms with E-state index in [1.165, 1.54) is 12.1 Å². The minimum atomic E-state index is -4.68. The van der Waals surface area contributed by atoms with Gasteiger partial charge in [-0.15, -0.1) is 5.10 Å². The predicted molar refractivity (Wildman–Crippen MR) is 106 cm³/mol. The molecule has 4 rings (SSSR count). The molecule has 11 heteroatoms. The molecule has 5 nitrogen and oxygen atoms in total. The molecule has 0 saturated heterocycles. The van der Waals surface area contributed by atoms with Crippen molar-refractivity contribution >= 4 is 0 Å². The number of phenolic OH excluding ortho intramolecular Hbond substituents is 2. The molecule has 4 aromatic rings. The Morgan fingerprint density at radius 1 is 0.667 bits per heavy atom. The number of aromatic hydroxyl groups is 2. The van der Waals surface area contributed by atoms with Crippen molar-refractivity contribution in [3.63, 3.8) is 0 Å². The zero-order valence-corrected chi connectivity index (χ0v) is 16.4. The van der Waals surface area contributed by atoms with Crippen LogP contribution in [0.5, 0.6) is 11.5 Å². The minimum absolute atomic E-state index is 0.00200. The maximum Gasteiger partial charge on any atom is 0.416 e. The van der Waals surface area contributed by atoms with Crippen molar-refractivity contribution in [3.8, 4) is 40.0 Å². The molecule has 0 aliphatic carbocycles. The lowest BCUT2D eigenvalue weighted by molar-refractivity contribution is -0.138. The second-order valence-corrected chi connectivity index (χ2v) is 6.96. The number of halogens is 6. The molecule has 0 fully saturated rings. The topological polar surface area (TPSA) is 71.2 Å². The van der Waals surface area contributed by atoms with Gasteiger partial charge in [-0.2, -0.15) is 26.3 Å². The number of hydrogen-bond acceptors (Lipinski definition) is 4. The molecule has 0 spiro atoms. The molecule has 1 aromatic heterocycles. The zero-order chi connectivity index (χ0) is 24.0. The van der Waals surface area contributed by atoms with Crippen molar-refractivity contribution in [2.75, 3.05) is 0 Å². The Labute approximate surface area is 182 Å². The van der Waals surface area contributed by atoms with Gasteiger partial charge in [-0.1, -0.05) is 12.1 Å². The van der Waals surface area contributed by atoms with Crippen LogP contribution in [0, 0.1) is 0 Å². The fraction of sp³-hybridized carbons (Fsp3) is 0.0909. The van der Waals surface area contributed by atoms with E-state index in [9.17, 15) is 36.6 Å². The second kappa shape index (κ2) is 7.84. The number of phenols is 2. The van der Waals surface area contributed by atoms with Crippen LogP contribution in [-0.2, 0) is 12.4 Å². The second-order valence-electron chi connectivity index (χ2n) is 6.96. The Morgan fingerprint density at radius 2 is 1.27 bits per heavy atom. The SMILES string of the molecule is Oc1cc(C(F)(F)F)ccc1-c1nc(-c2ccccc2O)n(-c2ccc(C(F)(F)F)cc2)n1. The van der Waals surface area contributed by atoms with Crippen LogP contribution in [0.2, 0.25) is 0 Å². The normalized spacial score (nSPS) is 12.2. The third kappa shape index (κ3) is 4.34. The first-order chi connectivity index (χ1) is 15.4. The smallest absolute Gasteiger partial charge is 0.416 e. The molecular formula is C22H13F6N3O2. The molecule has 3 aromatic carbocycles. The molecule has 0 aliphatic heterocycles. The quantitative estimate of drug-likeness (QED) is 0.362. The highest BCUT2D eigenvalue weighted by Gasteiger charge is 2.32. The molecule has 0 saturated carbocycles. The van der Waals surface area contributed by atoms with Gasteiger partial charge in [0.15, 0.2) is 11.6 Å². The summed E-state index contributed by atoms with van der Waals surface area (Å²) >= 11 is 0. The summed E-state index contributed by atoms with van der Waals surface area (Å²) in [6.07, 6.45) is -9.23. The number of nitrogens with zero attached hydrogens (tertiary/aromatic N) is 3. The molecule has 0 atom stereocenters. The van der Waals surface area contributed by atoms with Gasteiger partial charge in [0.2, 0.25) is 0 Å². The van der Waals surface area contributed by atoms with Crippen LogP contribution < -0.4 is 0 Å². The predicted octanol–water partition coefficient (Wildman–Crippen LogP) is 6.05. The third-order valence-electron chi connectivity index (χ3n) is 4.76. The van der Waals surface area contributed by atoms with E-state index >= 15 is 0 Å². The van der Waals surface area contributed by atoms with E-state index in [4.69, 9.17) is 0 Å². The molecule has 0 radical (unpaired) electrons. The number of rotatable bonds is 3. The van der Waals surface area contributed by atoms with Crippen LogP contribution in [0.15, 0.2) is 66.7 Å². The molecular weight excluding hydrogens is 452 g/mol. The fourth-order valence-electron chi connectivity index (χ4n) is 3.13. The number of alkyl halides is 6. The maximum atomic E-state index is 12.9. The Bertz CT molecular complexity index is 1310. The number of hydrogen-bond donors (Lipinski definition) is 2. The third-order valence-corrected chi connectivity index (χ3v) is 4.76. The van der Waals surface area contributed by atoms with Gasteiger partial charge >= 0.3 is 12.4 Å². The van der Waals surface area contributed by atoms with Gasteiger partial charge < -0.3 is 10.2 Å². The van der Waals surface area contributed by atoms with Crippen LogP contribution in [0.3, 0.4) is 0 Å². The monoisotopic (exact) mass is 465 g/mol. The lowest BCUT2D eigenvalue weighted by Crippen LogP contribution is -2.06. The largest absolute Gasteiger partial charge is 0.507 e. The van der Waals surface area contributed by atoms with Crippen molar-refractivity contribution in [2.45, 2.75) is 12.4 Å². The highest BCUT2D eigenvalue weighted by Crippen LogP contribution is 2.38. The van der Waals surface area contributed by atoms with E-state index in [1.807, 2.05) is 0 Å². The highest BCUT2D eigenvalue weighted by atomic mass is 19.4. The van der Waals surface area contributed by atoms with Crippen molar-refractivity contribution < 1.29 is 36.6 Å². The van der Waals surface area contributed by atoms with Crippen molar-refractivity contribution in [3.05, 3.63) is 77.9 Å². The molecule has 33 heavy (non-hydrogen) atoms. The summed E-state index contributed by atoms with van der Waals surface area (Å²) in [6, 6.07) is 12.2. The lowest BCUT2D eigenvalue weighted by Gasteiger charge is -2.10. The van der Waals surface area contributed by atoms with Crippen LogP contribution in [0.1, 0.15) is 11.1 Å². The van der Waals surface area contributed by atoms with Crippen molar-refractivity contribution in [2.24, 2.45) is 0 Å². The van der Waals surface area contributed by atoms with Crippen molar-refractivity contribution in [1.29, 1.82) is 0 Å².